The van der Waals surface area contributed by atoms with Gasteiger partial charge in [-0.15, -0.1) is 0 Å². The summed E-state index contributed by atoms with van der Waals surface area (Å²) >= 11 is 0. The number of halogens is 2. The molecule has 0 aliphatic carbocycles. The second-order valence-electron chi connectivity index (χ2n) is 6.97. The van der Waals surface area contributed by atoms with Gasteiger partial charge in [0, 0.05) is 38.0 Å². The summed E-state index contributed by atoms with van der Waals surface area (Å²) in [4.78, 5) is 33.4. The molecule has 2 aromatic heterocycles. The normalized spacial score (nSPS) is 10.6. The number of carbonyl (C=O) groups excluding carboxylic acids is 2. The lowest BCUT2D eigenvalue weighted by Crippen LogP contribution is -2.26. The molecule has 0 atom stereocenters. The number of hydrogen-bond donors (Lipinski definition) is 1. The summed E-state index contributed by atoms with van der Waals surface area (Å²) in [7, 11) is 1.55. The molecule has 31 heavy (non-hydrogen) atoms. The SMILES string of the molecule is CCCC(=O)N(C)c1ccc(-c2ccc(C(=O)NCc3ccc(F)nc3)cn2)cc1F. The van der Waals surface area contributed by atoms with Gasteiger partial charge in [-0.05, 0) is 42.3 Å². The van der Waals surface area contributed by atoms with Gasteiger partial charge in [0.15, 0.2) is 0 Å². The van der Waals surface area contributed by atoms with E-state index in [4.69, 9.17) is 0 Å². The average Bonchev–Trinajstić information content (AvgIpc) is 2.78. The monoisotopic (exact) mass is 424 g/mol. The van der Waals surface area contributed by atoms with Crippen molar-refractivity contribution in [3.05, 3.63) is 77.8 Å². The molecule has 1 aromatic carbocycles. The fraction of sp³-hybridized carbons (Fsp3) is 0.217. The lowest BCUT2D eigenvalue weighted by Gasteiger charge is -2.18. The van der Waals surface area contributed by atoms with Crippen LogP contribution in [0.2, 0.25) is 0 Å². The summed E-state index contributed by atoms with van der Waals surface area (Å²) in [5, 5.41) is 2.71. The number of nitrogens with one attached hydrogen (secondary N) is 1. The van der Waals surface area contributed by atoms with Crippen LogP contribution in [-0.4, -0.2) is 28.8 Å². The first-order chi connectivity index (χ1) is 14.9. The number of rotatable bonds is 7. The van der Waals surface area contributed by atoms with Crippen molar-refractivity contribution in [2.75, 3.05) is 11.9 Å². The maximum atomic E-state index is 14.6. The van der Waals surface area contributed by atoms with Crippen LogP contribution in [0.3, 0.4) is 0 Å². The first-order valence-electron chi connectivity index (χ1n) is 9.80. The minimum atomic E-state index is -0.585. The van der Waals surface area contributed by atoms with E-state index in [0.717, 1.165) is 0 Å². The number of nitrogens with zero attached hydrogens (tertiary/aromatic N) is 3. The summed E-state index contributed by atoms with van der Waals surface area (Å²) in [5.74, 6) is -1.61. The first-order valence-corrected chi connectivity index (χ1v) is 9.80. The molecule has 2 heterocycles. The predicted molar refractivity (Wildman–Crippen MR) is 113 cm³/mol. The largest absolute Gasteiger partial charge is 0.348 e. The van der Waals surface area contributed by atoms with E-state index in [-0.39, 0.29) is 24.0 Å². The van der Waals surface area contributed by atoms with Crippen LogP contribution in [-0.2, 0) is 11.3 Å². The first kappa shape index (κ1) is 22.0. The Morgan fingerprint density at radius 2 is 1.84 bits per heavy atom. The van der Waals surface area contributed by atoms with Crippen molar-refractivity contribution in [3.8, 4) is 11.3 Å². The highest BCUT2D eigenvalue weighted by Crippen LogP contribution is 2.25. The van der Waals surface area contributed by atoms with E-state index in [1.54, 1.807) is 25.2 Å². The number of benzene rings is 1. The van der Waals surface area contributed by atoms with Crippen LogP contribution in [0.25, 0.3) is 11.3 Å². The van der Waals surface area contributed by atoms with Crippen LogP contribution in [0.5, 0.6) is 0 Å². The highest BCUT2D eigenvalue weighted by atomic mass is 19.1. The summed E-state index contributed by atoms with van der Waals surface area (Å²) < 4.78 is 27.4. The number of carbonyl (C=O) groups is 2. The fourth-order valence-electron chi connectivity index (χ4n) is 2.95. The molecule has 0 radical (unpaired) electrons. The summed E-state index contributed by atoms with van der Waals surface area (Å²) in [6.07, 6.45) is 3.78. The van der Waals surface area contributed by atoms with Crippen LogP contribution >= 0.6 is 0 Å². The standard InChI is InChI=1S/C23H22F2N4O2/c1-3-4-22(30)29(2)20-9-7-16(11-18(20)24)19-8-6-17(14-26-19)23(31)28-13-15-5-10-21(25)27-12-15/h5-12,14H,3-4,13H2,1-2H3,(H,28,31). The Labute approximate surface area is 179 Å². The molecule has 3 aromatic rings. The van der Waals surface area contributed by atoms with Gasteiger partial charge >= 0.3 is 0 Å². The Morgan fingerprint density at radius 3 is 2.45 bits per heavy atom. The van der Waals surface area contributed by atoms with Crippen molar-refractivity contribution in [2.45, 2.75) is 26.3 Å². The van der Waals surface area contributed by atoms with E-state index in [1.807, 2.05) is 6.92 Å². The molecule has 0 bridgehead atoms. The molecule has 1 N–H and O–H groups in total. The Bertz CT molecular complexity index is 1070. The van der Waals surface area contributed by atoms with E-state index in [9.17, 15) is 18.4 Å². The third-order valence-corrected chi connectivity index (χ3v) is 4.71. The highest BCUT2D eigenvalue weighted by Gasteiger charge is 2.15. The molecular formula is C23H22F2N4O2. The minimum Gasteiger partial charge on any atom is -0.348 e. The van der Waals surface area contributed by atoms with Crippen LogP contribution in [0.4, 0.5) is 14.5 Å². The van der Waals surface area contributed by atoms with Crippen molar-refractivity contribution >= 4 is 17.5 Å². The van der Waals surface area contributed by atoms with Gasteiger partial charge < -0.3 is 10.2 Å². The fourth-order valence-corrected chi connectivity index (χ4v) is 2.95. The summed E-state index contributed by atoms with van der Waals surface area (Å²) in [5.41, 5.74) is 2.22. The van der Waals surface area contributed by atoms with Crippen molar-refractivity contribution in [3.63, 3.8) is 0 Å². The van der Waals surface area contributed by atoms with E-state index >= 15 is 0 Å². The van der Waals surface area contributed by atoms with Crippen molar-refractivity contribution in [1.82, 2.24) is 15.3 Å². The Hall–Kier alpha value is -3.68. The lowest BCUT2D eigenvalue weighted by atomic mass is 10.1. The van der Waals surface area contributed by atoms with Gasteiger partial charge in [-0.2, -0.15) is 4.39 Å². The number of anilines is 1. The summed E-state index contributed by atoms with van der Waals surface area (Å²) in [6.45, 7) is 2.09. The third-order valence-electron chi connectivity index (χ3n) is 4.71. The maximum absolute atomic E-state index is 14.6. The van der Waals surface area contributed by atoms with E-state index < -0.39 is 11.8 Å². The predicted octanol–water partition coefficient (Wildman–Crippen LogP) is 4.11. The van der Waals surface area contributed by atoms with Gasteiger partial charge in [-0.1, -0.05) is 19.1 Å². The van der Waals surface area contributed by atoms with Gasteiger partial charge in [0.2, 0.25) is 11.9 Å². The summed E-state index contributed by atoms with van der Waals surface area (Å²) in [6, 6.07) is 10.5. The van der Waals surface area contributed by atoms with Gasteiger partial charge in [0.25, 0.3) is 5.91 Å². The average molecular weight is 424 g/mol. The zero-order valence-corrected chi connectivity index (χ0v) is 17.2. The van der Waals surface area contributed by atoms with E-state index in [2.05, 4.69) is 15.3 Å². The van der Waals surface area contributed by atoms with Crippen LogP contribution in [0.1, 0.15) is 35.7 Å². The number of hydrogen-bond acceptors (Lipinski definition) is 4. The van der Waals surface area contributed by atoms with Crippen LogP contribution in [0, 0.1) is 11.8 Å². The van der Waals surface area contributed by atoms with Gasteiger partial charge in [0.1, 0.15) is 5.82 Å². The highest BCUT2D eigenvalue weighted by molar-refractivity contribution is 5.94. The molecule has 0 unspecified atom stereocenters. The molecule has 0 saturated carbocycles. The van der Waals surface area contributed by atoms with Gasteiger partial charge in [-0.25, -0.2) is 9.37 Å². The molecule has 2 amide bonds. The third kappa shape index (κ3) is 5.48. The number of aromatic nitrogens is 2. The van der Waals surface area contributed by atoms with Gasteiger partial charge in [-0.3, -0.25) is 14.6 Å². The lowest BCUT2D eigenvalue weighted by molar-refractivity contribution is -0.118. The van der Waals surface area contributed by atoms with Crippen molar-refractivity contribution in [2.24, 2.45) is 0 Å². The molecular weight excluding hydrogens is 402 g/mol. The van der Waals surface area contributed by atoms with Crippen LogP contribution in [0.15, 0.2) is 54.9 Å². The van der Waals surface area contributed by atoms with E-state index in [1.165, 1.54) is 41.6 Å². The molecule has 3 rings (SSSR count). The van der Waals surface area contributed by atoms with E-state index in [0.29, 0.717) is 35.2 Å². The van der Waals surface area contributed by atoms with Crippen LogP contribution < -0.4 is 10.2 Å². The molecule has 0 spiro atoms. The maximum Gasteiger partial charge on any atom is 0.253 e. The second-order valence-corrected chi connectivity index (χ2v) is 6.97. The van der Waals surface area contributed by atoms with Crippen molar-refractivity contribution in [1.29, 1.82) is 0 Å². The molecule has 0 aliphatic heterocycles. The quantitative estimate of drug-likeness (QED) is 0.579. The topological polar surface area (TPSA) is 75.2 Å². The molecule has 160 valence electrons. The smallest absolute Gasteiger partial charge is 0.253 e. The molecule has 0 saturated heterocycles. The molecule has 8 heteroatoms. The Kier molecular flexibility index (Phi) is 7.02. The Balaban J connectivity index is 1.67. The molecule has 0 aliphatic rings. The van der Waals surface area contributed by atoms with Crippen molar-refractivity contribution < 1.29 is 18.4 Å². The number of pyridine rings is 2. The second kappa shape index (κ2) is 9.88. The molecule has 6 nitrogen and oxygen atoms in total. The zero-order valence-electron chi connectivity index (χ0n) is 17.2. The number of amides is 2. The molecule has 0 fully saturated rings. The Morgan fingerprint density at radius 1 is 1.03 bits per heavy atom. The zero-order chi connectivity index (χ0) is 22.4. The van der Waals surface area contributed by atoms with Gasteiger partial charge in [0.05, 0.1) is 16.9 Å². The minimum absolute atomic E-state index is 0.154.